The Hall–Kier alpha value is -1.62. The Labute approximate surface area is 83.9 Å². The van der Waals surface area contributed by atoms with Crippen LogP contribution >= 0.6 is 11.6 Å². The molecule has 0 fully saturated rings. The molecular weight excluding hydrogens is 206 g/mol. The van der Waals surface area contributed by atoms with Crippen LogP contribution in [0.3, 0.4) is 0 Å². The first-order valence-corrected chi connectivity index (χ1v) is 4.26. The van der Waals surface area contributed by atoms with Crippen molar-refractivity contribution < 1.29 is 9.90 Å². The second-order valence-electron chi connectivity index (χ2n) is 2.73. The van der Waals surface area contributed by atoms with Crippen molar-refractivity contribution in [2.75, 3.05) is 0 Å². The van der Waals surface area contributed by atoms with Crippen LogP contribution in [0.2, 0.25) is 5.15 Å². The molecule has 0 radical (unpaired) electrons. The zero-order valence-corrected chi connectivity index (χ0v) is 7.77. The van der Waals surface area contributed by atoms with Crippen molar-refractivity contribution in [1.82, 2.24) is 14.6 Å². The SMILES string of the molecule is O=C(O)Cc1nnc2cccc(Cl)n12. The van der Waals surface area contributed by atoms with Crippen molar-refractivity contribution in [2.45, 2.75) is 6.42 Å². The maximum absolute atomic E-state index is 10.5. The summed E-state index contributed by atoms with van der Waals surface area (Å²) in [5.41, 5.74) is 0.550. The molecule has 0 unspecified atom stereocenters. The third kappa shape index (κ3) is 1.42. The minimum absolute atomic E-state index is 0.190. The van der Waals surface area contributed by atoms with E-state index in [-0.39, 0.29) is 6.42 Å². The van der Waals surface area contributed by atoms with Gasteiger partial charge in [-0.2, -0.15) is 0 Å². The zero-order valence-electron chi connectivity index (χ0n) is 7.01. The zero-order chi connectivity index (χ0) is 10.1. The quantitative estimate of drug-likeness (QED) is 0.753. The van der Waals surface area contributed by atoms with Gasteiger partial charge in [-0.1, -0.05) is 17.7 Å². The summed E-state index contributed by atoms with van der Waals surface area (Å²) in [5, 5.41) is 16.6. The third-order valence-corrected chi connectivity index (χ3v) is 2.05. The molecule has 0 aliphatic heterocycles. The average Bonchev–Trinajstić information content (AvgIpc) is 2.49. The molecule has 0 bridgehead atoms. The van der Waals surface area contributed by atoms with E-state index in [2.05, 4.69) is 10.2 Å². The van der Waals surface area contributed by atoms with Crippen LogP contribution in [-0.2, 0) is 11.2 Å². The smallest absolute Gasteiger partial charge is 0.311 e. The topological polar surface area (TPSA) is 67.5 Å². The van der Waals surface area contributed by atoms with Gasteiger partial charge in [-0.3, -0.25) is 9.20 Å². The molecule has 0 aromatic carbocycles. The summed E-state index contributed by atoms with van der Waals surface area (Å²) < 4.78 is 1.51. The van der Waals surface area contributed by atoms with Crippen LogP contribution in [0.5, 0.6) is 0 Å². The molecule has 6 heteroatoms. The van der Waals surface area contributed by atoms with Crippen molar-refractivity contribution >= 4 is 23.2 Å². The normalized spacial score (nSPS) is 10.6. The minimum atomic E-state index is -0.959. The van der Waals surface area contributed by atoms with Crippen molar-refractivity contribution in [3.8, 4) is 0 Å². The molecule has 2 aromatic heterocycles. The molecule has 2 rings (SSSR count). The number of aliphatic carboxylic acids is 1. The Kier molecular flexibility index (Phi) is 2.09. The molecule has 0 atom stereocenters. The highest BCUT2D eigenvalue weighted by Crippen LogP contribution is 2.13. The summed E-state index contributed by atoms with van der Waals surface area (Å²) in [6.07, 6.45) is -0.190. The van der Waals surface area contributed by atoms with E-state index in [1.54, 1.807) is 18.2 Å². The van der Waals surface area contributed by atoms with Gasteiger partial charge in [0.15, 0.2) is 5.65 Å². The van der Waals surface area contributed by atoms with Crippen molar-refractivity contribution in [3.63, 3.8) is 0 Å². The second kappa shape index (κ2) is 3.26. The Morgan fingerprint density at radius 3 is 3.00 bits per heavy atom. The van der Waals surface area contributed by atoms with Crippen LogP contribution in [-0.4, -0.2) is 25.7 Å². The van der Waals surface area contributed by atoms with E-state index in [1.807, 2.05) is 0 Å². The van der Waals surface area contributed by atoms with Gasteiger partial charge in [-0.05, 0) is 12.1 Å². The van der Waals surface area contributed by atoms with E-state index in [1.165, 1.54) is 4.40 Å². The summed E-state index contributed by atoms with van der Waals surface area (Å²) >= 11 is 5.88. The van der Waals surface area contributed by atoms with Crippen molar-refractivity contribution in [2.24, 2.45) is 0 Å². The van der Waals surface area contributed by atoms with Gasteiger partial charge < -0.3 is 5.11 Å². The van der Waals surface area contributed by atoms with Crippen LogP contribution in [0.4, 0.5) is 0 Å². The first-order valence-electron chi connectivity index (χ1n) is 3.89. The maximum atomic E-state index is 10.5. The van der Waals surface area contributed by atoms with Gasteiger partial charge in [-0.15, -0.1) is 10.2 Å². The van der Waals surface area contributed by atoms with E-state index in [0.717, 1.165) is 0 Å². The fourth-order valence-electron chi connectivity index (χ4n) is 1.21. The highest BCUT2D eigenvalue weighted by molar-refractivity contribution is 6.29. The summed E-state index contributed by atoms with van der Waals surface area (Å²) in [5.74, 6) is -0.627. The summed E-state index contributed by atoms with van der Waals surface area (Å²) in [6.45, 7) is 0. The molecule has 0 amide bonds. The van der Waals surface area contributed by atoms with Crippen LogP contribution < -0.4 is 0 Å². The number of hydrogen-bond acceptors (Lipinski definition) is 3. The molecule has 0 saturated carbocycles. The van der Waals surface area contributed by atoms with Crippen molar-refractivity contribution in [1.29, 1.82) is 0 Å². The number of pyridine rings is 1. The lowest BCUT2D eigenvalue weighted by molar-refractivity contribution is -0.136. The molecule has 72 valence electrons. The first-order chi connectivity index (χ1) is 6.68. The van der Waals surface area contributed by atoms with Crippen LogP contribution in [0, 0.1) is 0 Å². The molecule has 0 aliphatic carbocycles. The largest absolute Gasteiger partial charge is 0.481 e. The molecule has 0 saturated heterocycles. The Morgan fingerprint density at radius 2 is 2.29 bits per heavy atom. The number of nitrogens with zero attached hydrogens (tertiary/aromatic N) is 3. The van der Waals surface area contributed by atoms with Gasteiger partial charge in [0.25, 0.3) is 0 Å². The van der Waals surface area contributed by atoms with E-state index < -0.39 is 5.97 Å². The molecule has 14 heavy (non-hydrogen) atoms. The predicted octanol–water partition coefficient (Wildman–Crippen LogP) is 1.01. The Bertz CT molecular complexity index is 494. The highest BCUT2D eigenvalue weighted by atomic mass is 35.5. The highest BCUT2D eigenvalue weighted by Gasteiger charge is 2.10. The molecule has 2 aromatic rings. The summed E-state index contributed by atoms with van der Waals surface area (Å²) in [6, 6.07) is 5.10. The van der Waals surface area contributed by atoms with Gasteiger partial charge in [0.2, 0.25) is 0 Å². The van der Waals surface area contributed by atoms with Crippen LogP contribution in [0.1, 0.15) is 5.82 Å². The Balaban J connectivity index is 2.61. The van der Waals surface area contributed by atoms with Crippen LogP contribution in [0.25, 0.3) is 5.65 Å². The molecule has 1 N–H and O–H groups in total. The van der Waals surface area contributed by atoms with Gasteiger partial charge >= 0.3 is 5.97 Å². The molecule has 0 spiro atoms. The second-order valence-corrected chi connectivity index (χ2v) is 3.12. The van der Waals surface area contributed by atoms with E-state index in [4.69, 9.17) is 16.7 Å². The minimum Gasteiger partial charge on any atom is -0.481 e. The fourth-order valence-corrected chi connectivity index (χ4v) is 1.47. The number of fused-ring (bicyclic) bond motifs is 1. The number of rotatable bonds is 2. The lowest BCUT2D eigenvalue weighted by Crippen LogP contribution is -2.05. The molecule has 0 aliphatic rings. The first kappa shape index (κ1) is 8.96. The number of hydrogen-bond donors (Lipinski definition) is 1. The monoisotopic (exact) mass is 211 g/mol. The molecule has 5 nitrogen and oxygen atoms in total. The number of carbonyl (C=O) groups is 1. The number of aromatic nitrogens is 3. The predicted molar refractivity (Wildman–Crippen MR) is 49.3 cm³/mol. The number of carboxylic acids is 1. The van der Waals surface area contributed by atoms with Crippen molar-refractivity contribution in [3.05, 3.63) is 29.2 Å². The molecular formula is C8H6ClN3O2. The number of halogens is 1. The van der Waals surface area contributed by atoms with E-state index in [0.29, 0.717) is 16.6 Å². The number of carboxylic acid groups (broad SMARTS) is 1. The standard InChI is InChI=1S/C8H6ClN3O2/c9-5-2-1-3-6-10-11-7(12(5)6)4-8(13)14/h1-3H,4H2,(H,13,14). The lowest BCUT2D eigenvalue weighted by Gasteiger charge is -1.98. The van der Waals surface area contributed by atoms with Gasteiger partial charge in [0, 0.05) is 0 Å². The van der Waals surface area contributed by atoms with Gasteiger partial charge in [0.1, 0.15) is 17.4 Å². The maximum Gasteiger partial charge on any atom is 0.311 e. The third-order valence-electron chi connectivity index (χ3n) is 1.76. The van der Waals surface area contributed by atoms with E-state index in [9.17, 15) is 4.79 Å². The van der Waals surface area contributed by atoms with Gasteiger partial charge in [0.05, 0.1) is 0 Å². The lowest BCUT2D eigenvalue weighted by atomic mass is 10.4. The summed E-state index contributed by atoms with van der Waals surface area (Å²) in [4.78, 5) is 10.5. The average molecular weight is 212 g/mol. The Morgan fingerprint density at radius 1 is 1.50 bits per heavy atom. The van der Waals surface area contributed by atoms with Crippen LogP contribution in [0.15, 0.2) is 18.2 Å². The summed E-state index contributed by atoms with van der Waals surface area (Å²) in [7, 11) is 0. The van der Waals surface area contributed by atoms with E-state index >= 15 is 0 Å². The molecule has 2 heterocycles. The fraction of sp³-hybridized carbons (Fsp3) is 0.125. The van der Waals surface area contributed by atoms with Gasteiger partial charge in [-0.25, -0.2) is 0 Å².